The van der Waals surface area contributed by atoms with Crippen LogP contribution >= 0.6 is 27.5 Å². The summed E-state index contributed by atoms with van der Waals surface area (Å²) in [6.07, 6.45) is 3.12. The molecule has 1 aromatic carbocycles. The summed E-state index contributed by atoms with van der Waals surface area (Å²) in [5, 5.41) is 0.237. The fraction of sp³-hybridized carbons (Fsp3) is 0.0833. The molecule has 2 aromatic rings. The molecule has 0 fully saturated rings. The van der Waals surface area contributed by atoms with E-state index in [2.05, 4.69) is 30.6 Å². The van der Waals surface area contributed by atoms with Gasteiger partial charge in [-0.05, 0) is 28.1 Å². The first-order valence-corrected chi connectivity index (χ1v) is 6.30. The molecule has 2 rings (SSSR count). The molecule has 7 heteroatoms. The quantitative estimate of drug-likeness (QED) is 0.799. The second-order valence-electron chi connectivity index (χ2n) is 3.42. The summed E-state index contributed by atoms with van der Waals surface area (Å²) in [6.45, 7) is 0. The number of aromatic nitrogens is 2. The number of hydrogen-bond donors (Lipinski definition) is 0. The zero-order chi connectivity index (χ0) is 13.8. The number of carbonyl (C=O) groups is 1. The maximum Gasteiger partial charge on any atom is 0.339 e. The van der Waals surface area contributed by atoms with Gasteiger partial charge >= 0.3 is 12.0 Å². The molecule has 0 unspecified atom stereocenters. The number of carbonyl (C=O) groups excluding carboxylic acids is 1. The molecule has 0 radical (unpaired) electrons. The molecule has 0 atom stereocenters. The van der Waals surface area contributed by atoms with Gasteiger partial charge in [0.1, 0.15) is 5.75 Å². The van der Waals surface area contributed by atoms with E-state index in [0.29, 0.717) is 5.75 Å². The third-order valence-electron chi connectivity index (χ3n) is 2.15. The van der Waals surface area contributed by atoms with Crippen LogP contribution < -0.4 is 4.74 Å². The van der Waals surface area contributed by atoms with Crippen LogP contribution in [0.1, 0.15) is 10.4 Å². The van der Waals surface area contributed by atoms with Gasteiger partial charge in [-0.1, -0.05) is 11.6 Å². The molecule has 0 aliphatic carbocycles. The number of esters is 1. The zero-order valence-electron chi connectivity index (χ0n) is 9.76. The lowest BCUT2D eigenvalue weighted by molar-refractivity contribution is 0.0601. The molecule has 1 heterocycles. The fourth-order valence-electron chi connectivity index (χ4n) is 1.29. The van der Waals surface area contributed by atoms with Gasteiger partial charge < -0.3 is 9.47 Å². The van der Waals surface area contributed by atoms with Crippen LogP contribution in [-0.4, -0.2) is 23.0 Å². The van der Waals surface area contributed by atoms with Gasteiger partial charge in [0.15, 0.2) is 0 Å². The summed E-state index contributed by atoms with van der Waals surface area (Å²) in [4.78, 5) is 19.3. The predicted molar refractivity (Wildman–Crippen MR) is 72.6 cm³/mol. The topological polar surface area (TPSA) is 61.3 Å². The standard InChI is InChI=1S/C12H8BrClN2O3/c1-18-11(17)9-3-2-8(4-10(9)14)19-12-15-5-7(13)6-16-12/h2-6H,1H3. The lowest BCUT2D eigenvalue weighted by atomic mass is 10.2. The van der Waals surface area contributed by atoms with E-state index in [1.54, 1.807) is 18.5 Å². The van der Waals surface area contributed by atoms with Crippen molar-refractivity contribution in [3.63, 3.8) is 0 Å². The Morgan fingerprint density at radius 2 is 2.00 bits per heavy atom. The smallest absolute Gasteiger partial charge is 0.339 e. The fourth-order valence-corrected chi connectivity index (χ4v) is 1.75. The van der Waals surface area contributed by atoms with E-state index >= 15 is 0 Å². The minimum atomic E-state index is -0.503. The van der Waals surface area contributed by atoms with E-state index in [0.717, 1.165) is 4.47 Å². The number of rotatable bonds is 3. The molecule has 0 aliphatic heterocycles. The van der Waals surface area contributed by atoms with Crippen LogP contribution in [0.3, 0.4) is 0 Å². The molecule has 0 saturated carbocycles. The summed E-state index contributed by atoms with van der Waals surface area (Å²) in [6, 6.07) is 4.79. The van der Waals surface area contributed by atoms with Crippen molar-refractivity contribution in [2.24, 2.45) is 0 Å². The number of ether oxygens (including phenoxy) is 2. The molecule has 98 valence electrons. The molecule has 1 aromatic heterocycles. The maximum absolute atomic E-state index is 11.4. The average Bonchev–Trinajstić information content (AvgIpc) is 2.41. The normalized spacial score (nSPS) is 10.1. The van der Waals surface area contributed by atoms with Gasteiger partial charge in [0.2, 0.25) is 0 Å². The molecular formula is C12H8BrClN2O3. The third-order valence-corrected chi connectivity index (χ3v) is 2.87. The Hall–Kier alpha value is -1.66. The van der Waals surface area contributed by atoms with Gasteiger partial charge in [-0.25, -0.2) is 14.8 Å². The van der Waals surface area contributed by atoms with Gasteiger partial charge in [0.25, 0.3) is 0 Å². The monoisotopic (exact) mass is 342 g/mol. The summed E-state index contributed by atoms with van der Waals surface area (Å²) in [5.41, 5.74) is 0.272. The molecule has 0 amide bonds. The molecule has 0 N–H and O–H groups in total. The van der Waals surface area contributed by atoms with Gasteiger partial charge in [0.05, 0.1) is 22.2 Å². The average molecular weight is 344 g/mol. The van der Waals surface area contributed by atoms with E-state index in [1.807, 2.05) is 0 Å². The highest BCUT2D eigenvalue weighted by molar-refractivity contribution is 9.10. The highest BCUT2D eigenvalue weighted by atomic mass is 79.9. The van der Waals surface area contributed by atoms with Crippen LogP contribution in [0, 0.1) is 0 Å². The van der Waals surface area contributed by atoms with E-state index in [-0.39, 0.29) is 16.6 Å². The zero-order valence-corrected chi connectivity index (χ0v) is 12.1. The predicted octanol–water partition coefficient (Wildman–Crippen LogP) is 3.47. The van der Waals surface area contributed by atoms with Crippen LogP contribution in [0.5, 0.6) is 11.8 Å². The molecule has 19 heavy (non-hydrogen) atoms. The van der Waals surface area contributed by atoms with Crippen LogP contribution in [0.25, 0.3) is 0 Å². The second-order valence-corrected chi connectivity index (χ2v) is 4.74. The van der Waals surface area contributed by atoms with E-state index in [9.17, 15) is 4.79 Å². The summed E-state index contributed by atoms with van der Waals surface area (Å²) >= 11 is 9.19. The Morgan fingerprint density at radius 1 is 1.32 bits per heavy atom. The molecule has 0 aliphatic rings. The van der Waals surface area contributed by atoms with Crippen molar-refractivity contribution in [2.75, 3.05) is 7.11 Å². The van der Waals surface area contributed by atoms with Crippen LogP contribution in [0.2, 0.25) is 5.02 Å². The highest BCUT2D eigenvalue weighted by Crippen LogP contribution is 2.25. The first kappa shape index (κ1) is 13.8. The summed E-state index contributed by atoms with van der Waals surface area (Å²) in [5.74, 6) is -0.0728. The second kappa shape index (κ2) is 5.99. The Balaban J connectivity index is 2.20. The largest absolute Gasteiger partial charge is 0.465 e. The third kappa shape index (κ3) is 3.42. The SMILES string of the molecule is COC(=O)c1ccc(Oc2ncc(Br)cn2)cc1Cl. The Morgan fingerprint density at radius 3 is 2.58 bits per heavy atom. The van der Waals surface area contributed by atoms with Crippen molar-refractivity contribution in [1.82, 2.24) is 9.97 Å². The van der Waals surface area contributed by atoms with Crippen LogP contribution in [0.4, 0.5) is 0 Å². The molecular weight excluding hydrogens is 336 g/mol. The molecule has 5 nitrogen and oxygen atoms in total. The maximum atomic E-state index is 11.4. The van der Waals surface area contributed by atoms with Crippen molar-refractivity contribution in [3.8, 4) is 11.8 Å². The van der Waals surface area contributed by atoms with Crippen molar-refractivity contribution in [3.05, 3.63) is 45.7 Å². The van der Waals surface area contributed by atoms with Crippen molar-refractivity contribution >= 4 is 33.5 Å². The number of methoxy groups -OCH3 is 1. The van der Waals surface area contributed by atoms with Gasteiger partial charge in [-0.3, -0.25) is 0 Å². The van der Waals surface area contributed by atoms with Gasteiger partial charge in [-0.15, -0.1) is 0 Å². The summed E-state index contributed by atoms with van der Waals surface area (Å²) < 4.78 is 10.7. The highest BCUT2D eigenvalue weighted by Gasteiger charge is 2.12. The minimum absolute atomic E-state index is 0.185. The Labute approximate surface area is 122 Å². The molecule has 0 spiro atoms. The van der Waals surface area contributed by atoms with Gasteiger partial charge in [-0.2, -0.15) is 0 Å². The van der Waals surface area contributed by atoms with Crippen molar-refractivity contribution in [2.45, 2.75) is 0 Å². The lowest BCUT2D eigenvalue weighted by Gasteiger charge is -2.06. The van der Waals surface area contributed by atoms with E-state index in [1.165, 1.54) is 19.2 Å². The number of halogens is 2. The molecule has 0 saturated heterocycles. The number of hydrogen-bond acceptors (Lipinski definition) is 5. The first-order chi connectivity index (χ1) is 9.10. The molecule has 0 bridgehead atoms. The van der Waals surface area contributed by atoms with E-state index in [4.69, 9.17) is 16.3 Å². The number of nitrogens with zero attached hydrogens (tertiary/aromatic N) is 2. The van der Waals surface area contributed by atoms with Crippen LogP contribution in [0.15, 0.2) is 35.1 Å². The minimum Gasteiger partial charge on any atom is -0.465 e. The van der Waals surface area contributed by atoms with Crippen molar-refractivity contribution < 1.29 is 14.3 Å². The van der Waals surface area contributed by atoms with E-state index < -0.39 is 5.97 Å². The van der Waals surface area contributed by atoms with Crippen LogP contribution in [-0.2, 0) is 4.74 Å². The number of benzene rings is 1. The lowest BCUT2D eigenvalue weighted by Crippen LogP contribution is -2.02. The van der Waals surface area contributed by atoms with Gasteiger partial charge in [0, 0.05) is 18.5 Å². The Bertz CT molecular complexity index is 604. The first-order valence-electron chi connectivity index (χ1n) is 5.13. The van der Waals surface area contributed by atoms with Crippen molar-refractivity contribution in [1.29, 1.82) is 0 Å². The summed E-state index contributed by atoms with van der Waals surface area (Å²) in [7, 11) is 1.29. The Kier molecular flexibility index (Phi) is 4.34.